The van der Waals surface area contributed by atoms with Gasteiger partial charge in [-0.15, -0.1) is 5.10 Å². The second-order valence-corrected chi connectivity index (χ2v) is 4.63. The van der Waals surface area contributed by atoms with Gasteiger partial charge in [-0.1, -0.05) is 26.7 Å². The number of hydrogen-bond acceptors (Lipinski definition) is 4. The van der Waals surface area contributed by atoms with E-state index in [9.17, 15) is 0 Å². The lowest BCUT2D eigenvalue weighted by Crippen LogP contribution is -2.30. The Hall–Kier alpha value is -1.16. The Balaban J connectivity index is 2.69. The molecule has 18 heavy (non-hydrogen) atoms. The molecular formula is C14H26N4. The maximum atomic E-state index is 4.33. The van der Waals surface area contributed by atoms with Crippen LogP contribution in [0.4, 0.5) is 5.82 Å². The molecule has 0 amide bonds. The normalized spacial score (nSPS) is 10.9. The third kappa shape index (κ3) is 4.26. The number of aromatic nitrogens is 2. The van der Waals surface area contributed by atoms with Crippen LogP contribution in [0.5, 0.6) is 0 Å². The third-order valence-corrected chi connectivity index (χ3v) is 3.40. The van der Waals surface area contributed by atoms with Crippen LogP contribution >= 0.6 is 0 Å². The van der Waals surface area contributed by atoms with Gasteiger partial charge in [0, 0.05) is 19.6 Å². The summed E-state index contributed by atoms with van der Waals surface area (Å²) < 4.78 is 0. The van der Waals surface area contributed by atoms with E-state index < -0.39 is 0 Å². The lowest BCUT2D eigenvalue weighted by Gasteiger charge is -2.26. The van der Waals surface area contributed by atoms with Crippen molar-refractivity contribution in [3.63, 3.8) is 0 Å². The van der Waals surface area contributed by atoms with Crippen LogP contribution in [0, 0.1) is 5.92 Å². The number of hydrogen-bond donors (Lipinski definition) is 1. The predicted octanol–water partition coefficient (Wildman–Crippen LogP) is 2.46. The van der Waals surface area contributed by atoms with E-state index in [1.165, 1.54) is 12.8 Å². The van der Waals surface area contributed by atoms with Gasteiger partial charge in [-0.2, -0.15) is 5.10 Å². The van der Waals surface area contributed by atoms with Crippen molar-refractivity contribution in [3.05, 3.63) is 17.8 Å². The monoisotopic (exact) mass is 250 g/mol. The molecule has 0 bridgehead atoms. The first kappa shape index (κ1) is 14.9. The molecule has 0 spiro atoms. The largest absolute Gasteiger partial charge is 0.355 e. The smallest absolute Gasteiger partial charge is 0.151 e. The minimum Gasteiger partial charge on any atom is -0.355 e. The molecule has 1 aromatic heterocycles. The third-order valence-electron chi connectivity index (χ3n) is 3.40. The lowest BCUT2D eigenvalue weighted by molar-refractivity contribution is 0.483. The van der Waals surface area contributed by atoms with E-state index >= 15 is 0 Å². The first-order chi connectivity index (χ1) is 8.74. The second kappa shape index (κ2) is 8.03. The highest BCUT2D eigenvalue weighted by molar-refractivity contribution is 5.37. The molecule has 1 aromatic rings. The summed E-state index contributed by atoms with van der Waals surface area (Å²) in [4.78, 5) is 2.31. The highest BCUT2D eigenvalue weighted by Crippen LogP contribution is 2.15. The number of anilines is 1. The Morgan fingerprint density at radius 3 is 2.33 bits per heavy atom. The van der Waals surface area contributed by atoms with E-state index in [4.69, 9.17) is 0 Å². The van der Waals surface area contributed by atoms with Gasteiger partial charge < -0.3 is 10.2 Å². The molecule has 0 unspecified atom stereocenters. The van der Waals surface area contributed by atoms with Crippen LogP contribution in [0.15, 0.2) is 12.1 Å². The highest BCUT2D eigenvalue weighted by atomic mass is 15.3. The lowest BCUT2D eigenvalue weighted by atomic mass is 10.0. The summed E-state index contributed by atoms with van der Waals surface area (Å²) in [6.07, 6.45) is 2.44. The Morgan fingerprint density at radius 2 is 1.89 bits per heavy atom. The van der Waals surface area contributed by atoms with Crippen molar-refractivity contribution in [2.45, 2.75) is 40.2 Å². The molecule has 0 saturated heterocycles. The standard InChI is InChI=1S/C14H26N4/c1-5-12(6-2)11-18(7-3)14-9-8-13(10-15-4)16-17-14/h8-9,12,15H,5-7,10-11H2,1-4H3. The van der Waals surface area contributed by atoms with Crippen molar-refractivity contribution >= 4 is 5.82 Å². The Bertz CT molecular complexity index is 319. The van der Waals surface area contributed by atoms with Crippen LogP contribution in [-0.4, -0.2) is 30.3 Å². The topological polar surface area (TPSA) is 41.0 Å². The van der Waals surface area contributed by atoms with Crippen LogP contribution in [0.2, 0.25) is 0 Å². The summed E-state index contributed by atoms with van der Waals surface area (Å²) in [5.74, 6) is 1.73. The maximum absolute atomic E-state index is 4.33. The molecule has 0 aromatic carbocycles. The summed E-state index contributed by atoms with van der Waals surface area (Å²) in [6, 6.07) is 4.12. The number of nitrogens with one attached hydrogen (secondary N) is 1. The molecule has 0 atom stereocenters. The van der Waals surface area contributed by atoms with Gasteiger partial charge in [0.25, 0.3) is 0 Å². The van der Waals surface area contributed by atoms with Crippen molar-refractivity contribution in [3.8, 4) is 0 Å². The van der Waals surface area contributed by atoms with Gasteiger partial charge in [-0.05, 0) is 32.0 Å². The van der Waals surface area contributed by atoms with Crippen LogP contribution < -0.4 is 10.2 Å². The minimum atomic E-state index is 0.740. The van der Waals surface area contributed by atoms with Crippen molar-refractivity contribution in [1.82, 2.24) is 15.5 Å². The molecule has 4 nitrogen and oxygen atoms in total. The summed E-state index contributed by atoms with van der Waals surface area (Å²) >= 11 is 0. The zero-order chi connectivity index (χ0) is 13.4. The molecule has 0 aliphatic carbocycles. The van der Waals surface area contributed by atoms with Gasteiger partial charge in [0.1, 0.15) is 0 Å². The molecule has 1 rings (SSSR count). The Kier molecular flexibility index (Phi) is 6.65. The highest BCUT2D eigenvalue weighted by Gasteiger charge is 2.12. The fraction of sp³-hybridized carbons (Fsp3) is 0.714. The van der Waals surface area contributed by atoms with E-state index in [1.54, 1.807) is 0 Å². The van der Waals surface area contributed by atoms with Gasteiger partial charge in [0.05, 0.1) is 5.69 Å². The average Bonchev–Trinajstić information content (AvgIpc) is 2.42. The summed E-state index contributed by atoms with van der Waals surface area (Å²) in [6.45, 7) is 9.50. The minimum absolute atomic E-state index is 0.740. The van der Waals surface area contributed by atoms with Gasteiger partial charge in [-0.25, -0.2) is 0 Å². The molecule has 0 aliphatic rings. The molecule has 0 fully saturated rings. The second-order valence-electron chi connectivity index (χ2n) is 4.63. The first-order valence-corrected chi connectivity index (χ1v) is 6.97. The zero-order valence-corrected chi connectivity index (χ0v) is 12.1. The van der Waals surface area contributed by atoms with E-state index in [1.807, 2.05) is 13.1 Å². The van der Waals surface area contributed by atoms with Crippen molar-refractivity contribution in [1.29, 1.82) is 0 Å². The van der Waals surface area contributed by atoms with Crippen molar-refractivity contribution in [2.75, 3.05) is 25.0 Å². The molecule has 0 saturated carbocycles. The first-order valence-electron chi connectivity index (χ1n) is 6.97. The molecule has 1 N–H and O–H groups in total. The van der Waals surface area contributed by atoms with Gasteiger partial charge in [-0.3, -0.25) is 0 Å². The molecule has 4 heteroatoms. The molecule has 1 heterocycles. The van der Waals surface area contributed by atoms with Crippen LogP contribution in [0.3, 0.4) is 0 Å². The Morgan fingerprint density at radius 1 is 1.17 bits per heavy atom. The number of nitrogens with zero attached hydrogens (tertiary/aromatic N) is 3. The molecule has 0 aliphatic heterocycles. The SMILES string of the molecule is CCC(CC)CN(CC)c1ccc(CNC)nn1. The van der Waals surface area contributed by atoms with E-state index in [-0.39, 0.29) is 0 Å². The van der Waals surface area contributed by atoms with E-state index in [0.29, 0.717) is 0 Å². The zero-order valence-electron chi connectivity index (χ0n) is 12.1. The van der Waals surface area contributed by atoms with Crippen LogP contribution in [0.25, 0.3) is 0 Å². The summed E-state index contributed by atoms with van der Waals surface area (Å²) in [5.41, 5.74) is 0.986. The molecule has 102 valence electrons. The summed E-state index contributed by atoms with van der Waals surface area (Å²) in [5, 5.41) is 11.6. The quantitative estimate of drug-likeness (QED) is 0.769. The van der Waals surface area contributed by atoms with Crippen molar-refractivity contribution in [2.24, 2.45) is 5.92 Å². The molecular weight excluding hydrogens is 224 g/mol. The summed E-state index contributed by atoms with van der Waals surface area (Å²) in [7, 11) is 1.92. The number of rotatable bonds is 8. The van der Waals surface area contributed by atoms with E-state index in [2.05, 4.69) is 47.3 Å². The Labute approximate surface area is 111 Å². The van der Waals surface area contributed by atoms with Gasteiger partial charge in [0.2, 0.25) is 0 Å². The predicted molar refractivity (Wildman–Crippen MR) is 76.8 cm³/mol. The van der Waals surface area contributed by atoms with E-state index in [0.717, 1.165) is 37.1 Å². The molecule has 0 radical (unpaired) electrons. The fourth-order valence-corrected chi connectivity index (χ4v) is 2.04. The average molecular weight is 250 g/mol. The van der Waals surface area contributed by atoms with Gasteiger partial charge in [0.15, 0.2) is 5.82 Å². The fourth-order valence-electron chi connectivity index (χ4n) is 2.04. The van der Waals surface area contributed by atoms with Crippen molar-refractivity contribution < 1.29 is 0 Å². The maximum Gasteiger partial charge on any atom is 0.151 e. The van der Waals surface area contributed by atoms with Gasteiger partial charge >= 0.3 is 0 Å². The van der Waals surface area contributed by atoms with Crippen LogP contribution in [-0.2, 0) is 6.54 Å². The van der Waals surface area contributed by atoms with Crippen LogP contribution in [0.1, 0.15) is 39.3 Å².